The fourth-order valence-electron chi connectivity index (χ4n) is 4.17. The molecule has 0 aliphatic carbocycles. The number of ether oxygens (including phenoxy) is 1. The Morgan fingerprint density at radius 1 is 1.10 bits per heavy atom. The van der Waals surface area contributed by atoms with Crippen LogP contribution in [0.25, 0.3) is 11.0 Å². The van der Waals surface area contributed by atoms with Gasteiger partial charge in [0, 0.05) is 39.0 Å². The van der Waals surface area contributed by atoms with E-state index in [1.54, 1.807) is 12.1 Å². The molecule has 0 saturated carbocycles. The number of benzene rings is 2. The van der Waals surface area contributed by atoms with E-state index in [1.807, 2.05) is 19.1 Å². The molecule has 2 aromatic carbocycles. The average Bonchev–Trinajstić information content (AvgIpc) is 2.72. The van der Waals surface area contributed by atoms with Gasteiger partial charge in [0.15, 0.2) is 0 Å². The molecule has 0 spiro atoms. The number of quaternary nitrogens is 1. The molecular formula is C24H26Cl2NO3+. The van der Waals surface area contributed by atoms with E-state index in [1.165, 1.54) is 4.90 Å². The van der Waals surface area contributed by atoms with E-state index in [9.17, 15) is 4.79 Å². The van der Waals surface area contributed by atoms with Gasteiger partial charge in [0.25, 0.3) is 0 Å². The summed E-state index contributed by atoms with van der Waals surface area (Å²) in [5.74, 6) is 0.853. The lowest BCUT2D eigenvalue weighted by molar-refractivity contribution is -0.932. The van der Waals surface area contributed by atoms with Gasteiger partial charge in [-0.25, -0.2) is 4.79 Å². The second-order valence-electron chi connectivity index (χ2n) is 8.01. The normalized spacial score (nSPS) is 15.8. The molecule has 0 bridgehead atoms. The summed E-state index contributed by atoms with van der Waals surface area (Å²) in [6.45, 7) is 6.48. The maximum absolute atomic E-state index is 12.1. The zero-order valence-corrected chi connectivity index (χ0v) is 18.8. The van der Waals surface area contributed by atoms with E-state index in [4.69, 9.17) is 32.4 Å². The van der Waals surface area contributed by atoms with Crippen molar-refractivity contribution in [1.29, 1.82) is 0 Å². The van der Waals surface area contributed by atoms with Gasteiger partial charge in [-0.1, -0.05) is 42.6 Å². The summed E-state index contributed by atoms with van der Waals surface area (Å²) in [5.41, 5.74) is 4.60. The highest BCUT2D eigenvalue weighted by Gasteiger charge is 2.25. The lowest BCUT2D eigenvalue weighted by Gasteiger charge is -2.28. The van der Waals surface area contributed by atoms with E-state index < -0.39 is 0 Å². The molecule has 0 amide bonds. The molecule has 1 atom stereocenters. The van der Waals surface area contributed by atoms with Gasteiger partial charge in [0.05, 0.1) is 6.54 Å². The Morgan fingerprint density at radius 3 is 2.70 bits per heavy atom. The van der Waals surface area contributed by atoms with Gasteiger partial charge in [-0.3, -0.25) is 4.90 Å². The third-order valence-corrected chi connectivity index (χ3v) is 6.39. The van der Waals surface area contributed by atoms with Crippen LogP contribution >= 0.6 is 23.2 Å². The highest BCUT2D eigenvalue weighted by Crippen LogP contribution is 2.33. The number of aryl methyl sites for hydroxylation is 2. The second kappa shape index (κ2) is 9.01. The monoisotopic (exact) mass is 446 g/mol. The van der Waals surface area contributed by atoms with Crippen molar-refractivity contribution in [3.05, 3.63) is 73.1 Å². The van der Waals surface area contributed by atoms with Crippen LogP contribution in [0.2, 0.25) is 10.0 Å². The molecule has 30 heavy (non-hydrogen) atoms. The summed E-state index contributed by atoms with van der Waals surface area (Å²) < 4.78 is 11.7. The summed E-state index contributed by atoms with van der Waals surface area (Å²) >= 11 is 12.3. The van der Waals surface area contributed by atoms with Crippen molar-refractivity contribution < 1.29 is 14.1 Å². The van der Waals surface area contributed by atoms with Gasteiger partial charge in [-0.2, -0.15) is 0 Å². The molecule has 4 rings (SSSR count). The summed E-state index contributed by atoms with van der Waals surface area (Å²) in [5, 5.41) is 2.39. The van der Waals surface area contributed by atoms with E-state index in [0.717, 1.165) is 72.2 Å². The van der Waals surface area contributed by atoms with Crippen molar-refractivity contribution >= 4 is 34.2 Å². The quantitative estimate of drug-likeness (QED) is 0.556. The number of unbranched alkanes of at least 4 members (excludes halogenated alkanes) is 1. The number of rotatable bonds is 6. The largest absolute Gasteiger partial charge is 0.444 e. The standard InChI is InChI=1S/C24H25Cl2NO3/c1-3-4-5-17-11-22(28)30-24-15(2)23-18(10-20(17)24)13-27(14-29-23)9-8-16-6-7-19(25)12-21(16)26/h6-7,10-12H,3-5,8-9,13-14H2,1-2H3/p+1. The Balaban J connectivity index is 1.60. The van der Waals surface area contributed by atoms with Gasteiger partial charge < -0.3 is 9.15 Å². The van der Waals surface area contributed by atoms with Crippen LogP contribution in [-0.2, 0) is 19.4 Å². The molecule has 2 heterocycles. The molecular weight excluding hydrogens is 421 g/mol. The Labute approximate surface area is 186 Å². The van der Waals surface area contributed by atoms with E-state index in [2.05, 4.69) is 13.0 Å². The maximum Gasteiger partial charge on any atom is 0.336 e. The van der Waals surface area contributed by atoms with Gasteiger partial charge in [0.1, 0.15) is 17.9 Å². The molecule has 0 fully saturated rings. The SMILES string of the molecule is CCCCc1cc(=O)oc2c(C)c3c(cc12)C[NH+](CCc1ccc(Cl)cc1Cl)CO3. The van der Waals surface area contributed by atoms with Crippen LogP contribution in [0, 0.1) is 6.92 Å². The predicted molar refractivity (Wildman–Crippen MR) is 121 cm³/mol. The second-order valence-corrected chi connectivity index (χ2v) is 8.86. The topological polar surface area (TPSA) is 43.9 Å². The Kier molecular flexibility index (Phi) is 6.37. The minimum atomic E-state index is -0.292. The fraction of sp³-hybridized carbons (Fsp3) is 0.375. The van der Waals surface area contributed by atoms with Crippen LogP contribution in [0.4, 0.5) is 0 Å². The van der Waals surface area contributed by atoms with Crippen molar-refractivity contribution in [1.82, 2.24) is 0 Å². The van der Waals surface area contributed by atoms with Crippen molar-refractivity contribution in [2.75, 3.05) is 13.3 Å². The minimum absolute atomic E-state index is 0.292. The molecule has 0 saturated heterocycles. The number of fused-ring (bicyclic) bond motifs is 2. The third-order valence-electron chi connectivity index (χ3n) is 5.80. The summed E-state index contributed by atoms with van der Waals surface area (Å²) in [6.07, 6.45) is 3.86. The first-order chi connectivity index (χ1) is 14.5. The third kappa shape index (κ3) is 4.36. The van der Waals surface area contributed by atoms with Crippen LogP contribution in [-0.4, -0.2) is 13.3 Å². The molecule has 1 aliphatic rings. The van der Waals surface area contributed by atoms with Gasteiger partial charge in [-0.15, -0.1) is 0 Å². The van der Waals surface area contributed by atoms with Crippen LogP contribution in [0.1, 0.15) is 42.0 Å². The van der Waals surface area contributed by atoms with Crippen molar-refractivity contribution in [2.45, 2.75) is 46.1 Å². The smallest absolute Gasteiger partial charge is 0.336 e. The molecule has 1 N–H and O–H groups in total. The average molecular weight is 447 g/mol. The maximum atomic E-state index is 12.1. The summed E-state index contributed by atoms with van der Waals surface area (Å²) in [6, 6.07) is 9.45. The minimum Gasteiger partial charge on any atom is -0.444 e. The first kappa shape index (κ1) is 21.2. The van der Waals surface area contributed by atoms with Crippen molar-refractivity contribution in [3.63, 3.8) is 0 Å². The lowest BCUT2D eigenvalue weighted by Crippen LogP contribution is -3.12. The predicted octanol–water partition coefficient (Wildman–Crippen LogP) is 4.73. The highest BCUT2D eigenvalue weighted by atomic mass is 35.5. The van der Waals surface area contributed by atoms with Crippen LogP contribution in [0.15, 0.2) is 39.5 Å². The van der Waals surface area contributed by atoms with E-state index >= 15 is 0 Å². The van der Waals surface area contributed by atoms with Gasteiger partial charge in [-0.05, 0) is 49.1 Å². The summed E-state index contributed by atoms with van der Waals surface area (Å²) in [4.78, 5) is 13.4. The molecule has 3 aromatic rings. The van der Waals surface area contributed by atoms with Crippen molar-refractivity contribution in [2.24, 2.45) is 0 Å². The first-order valence-electron chi connectivity index (χ1n) is 10.5. The van der Waals surface area contributed by atoms with Crippen molar-refractivity contribution in [3.8, 4) is 5.75 Å². The fourth-order valence-corrected chi connectivity index (χ4v) is 4.67. The molecule has 0 radical (unpaired) electrons. The highest BCUT2D eigenvalue weighted by molar-refractivity contribution is 6.35. The molecule has 1 unspecified atom stereocenters. The first-order valence-corrected chi connectivity index (χ1v) is 11.2. The Hall–Kier alpha value is -2.01. The Bertz CT molecular complexity index is 1140. The van der Waals surface area contributed by atoms with E-state index in [-0.39, 0.29) is 5.63 Å². The lowest BCUT2D eigenvalue weighted by atomic mass is 9.98. The molecule has 4 nitrogen and oxygen atoms in total. The number of hydrogen-bond donors (Lipinski definition) is 1. The molecule has 158 valence electrons. The van der Waals surface area contributed by atoms with Crippen LogP contribution in [0.3, 0.4) is 0 Å². The molecule has 1 aromatic heterocycles. The number of halogens is 2. The van der Waals surface area contributed by atoms with Crippen LogP contribution < -0.4 is 15.3 Å². The van der Waals surface area contributed by atoms with E-state index in [0.29, 0.717) is 22.4 Å². The molecule has 1 aliphatic heterocycles. The Morgan fingerprint density at radius 2 is 1.93 bits per heavy atom. The van der Waals surface area contributed by atoms with Gasteiger partial charge in [0.2, 0.25) is 6.73 Å². The zero-order chi connectivity index (χ0) is 21.3. The number of hydrogen-bond acceptors (Lipinski definition) is 3. The number of nitrogens with one attached hydrogen (secondary N) is 1. The van der Waals surface area contributed by atoms with Gasteiger partial charge >= 0.3 is 5.63 Å². The zero-order valence-electron chi connectivity index (χ0n) is 17.3. The molecule has 6 heteroatoms. The van der Waals surface area contributed by atoms with Crippen LogP contribution in [0.5, 0.6) is 5.75 Å². The summed E-state index contributed by atoms with van der Waals surface area (Å²) in [7, 11) is 0.